The summed E-state index contributed by atoms with van der Waals surface area (Å²) in [4.78, 5) is 31.0. The van der Waals surface area contributed by atoms with Crippen molar-refractivity contribution in [1.82, 2.24) is 19.6 Å². The fraction of sp³-hybridized carbons (Fsp3) is 0.400. The highest BCUT2D eigenvalue weighted by atomic mass is 16.5. The van der Waals surface area contributed by atoms with Crippen molar-refractivity contribution in [1.29, 1.82) is 0 Å². The van der Waals surface area contributed by atoms with Crippen molar-refractivity contribution in [2.75, 3.05) is 21.3 Å². The minimum absolute atomic E-state index is 0.0288. The van der Waals surface area contributed by atoms with E-state index in [4.69, 9.17) is 14.0 Å². The summed E-state index contributed by atoms with van der Waals surface area (Å²) < 4.78 is 17.0. The first-order valence-corrected chi connectivity index (χ1v) is 9.20. The van der Waals surface area contributed by atoms with Gasteiger partial charge in [-0.25, -0.2) is 4.98 Å². The Morgan fingerprint density at radius 1 is 1.21 bits per heavy atom. The lowest BCUT2D eigenvalue weighted by atomic mass is 10.2. The third-order valence-electron chi connectivity index (χ3n) is 4.62. The largest absolute Gasteiger partial charge is 0.493 e. The van der Waals surface area contributed by atoms with E-state index in [-0.39, 0.29) is 11.5 Å². The van der Waals surface area contributed by atoms with Gasteiger partial charge >= 0.3 is 0 Å². The van der Waals surface area contributed by atoms with Crippen LogP contribution in [-0.2, 0) is 17.9 Å². The Hall–Kier alpha value is -3.36. The van der Waals surface area contributed by atoms with Crippen LogP contribution in [0.15, 0.2) is 33.8 Å². The third-order valence-corrected chi connectivity index (χ3v) is 4.62. The molecule has 1 aromatic carbocycles. The van der Waals surface area contributed by atoms with Gasteiger partial charge in [0.1, 0.15) is 11.5 Å². The van der Waals surface area contributed by atoms with Gasteiger partial charge in [0.15, 0.2) is 11.5 Å². The number of ether oxygens (including phenoxy) is 2. The van der Waals surface area contributed by atoms with E-state index in [1.165, 1.54) is 25.1 Å². The van der Waals surface area contributed by atoms with Crippen LogP contribution in [0.2, 0.25) is 0 Å². The van der Waals surface area contributed by atoms with Gasteiger partial charge in [0.05, 0.1) is 38.0 Å². The molecule has 3 aromatic rings. The number of carbonyl (C=O) groups is 1. The second-order valence-corrected chi connectivity index (χ2v) is 6.75. The summed E-state index contributed by atoms with van der Waals surface area (Å²) >= 11 is 0. The molecule has 0 saturated carbocycles. The van der Waals surface area contributed by atoms with Crippen molar-refractivity contribution in [3.63, 3.8) is 0 Å². The molecular formula is C20H24N4O5. The third kappa shape index (κ3) is 4.56. The number of hydrogen-bond acceptors (Lipinski definition) is 7. The van der Waals surface area contributed by atoms with Crippen molar-refractivity contribution in [3.05, 3.63) is 46.3 Å². The number of benzene rings is 1. The molecule has 2 aromatic heterocycles. The van der Waals surface area contributed by atoms with Crippen LogP contribution in [0.3, 0.4) is 0 Å². The molecule has 0 spiro atoms. The molecule has 0 saturated heterocycles. The quantitative estimate of drug-likeness (QED) is 0.571. The molecule has 0 aliphatic rings. The summed E-state index contributed by atoms with van der Waals surface area (Å²) in [6, 6.07) is 5.09. The van der Waals surface area contributed by atoms with E-state index in [1.807, 2.05) is 0 Å². The molecule has 0 aliphatic carbocycles. The molecule has 0 fully saturated rings. The molecule has 9 heteroatoms. The predicted octanol–water partition coefficient (Wildman–Crippen LogP) is 2.15. The number of hydrogen-bond donors (Lipinski definition) is 0. The molecule has 3 rings (SSSR count). The number of fused-ring (bicyclic) bond motifs is 1. The first-order chi connectivity index (χ1) is 13.9. The lowest BCUT2D eigenvalue weighted by Crippen LogP contribution is -2.27. The van der Waals surface area contributed by atoms with Gasteiger partial charge < -0.3 is 18.9 Å². The molecular weight excluding hydrogens is 376 g/mol. The summed E-state index contributed by atoms with van der Waals surface area (Å²) in [5, 5.41) is 4.33. The van der Waals surface area contributed by atoms with E-state index in [0.717, 1.165) is 0 Å². The highest BCUT2D eigenvalue weighted by Gasteiger charge is 2.13. The number of carbonyl (C=O) groups excluding carboxylic acids is 1. The number of rotatable bonds is 8. The Labute approximate surface area is 167 Å². The van der Waals surface area contributed by atoms with Crippen molar-refractivity contribution in [2.45, 2.75) is 32.9 Å². The Balaban J connectivity index is 1.65. The minimum Gasteiger partial charge on any atom is -0.493 e. The maximum Gasteiger partial charge on any atom is 0.261 e. The maximum atomic E-state index is 12.8. The summed E-state index contributed by atoms with van der Waals surface area (Å²) in [5.74, 6) is 1.66. The van der Waals surface area contributed by atoms with Crippen LogP contribution in [0.4, 0.5) is 0 Å². The van der Waals surface area contributed by atoms with Crippen LogP contribution in [0.1, 0.15) is 24.3 Å². The van der Waals surface area contributed by atoms with Crippen LogP contribution in [0, 0.1) is 6.92 Å². The zero-order chi connectivity index (χ0) is 21.0. The fourth-order valence-electron chi connectivity index (χ4n) is 3.06. The summed E-state index contributed by atoms with van der Waals surface area (Å²) in [6.45, 7) is 2.58. The van der Waals surface area contributed by atoms with Crippen LogP contribution < -0.4 is 15.0 Å². The molecule has 9 nitrogen and oxygen atoms in total. The molecule has 0 N–H and O–H groups in total. The average molecular weight is 400 g/mol. The molecule has 0 unspecified atom stereocenters. The Bertz CT molecular complexity index is 1070. The van der Waals surface area contributed by atoms with E-state index in [0.29, 0.717) is 59.8 Å². The van der Waals surface area contributed by atoms with E-state index >= 15 is 0 Å². The van der Waals surface area contributed by atoms with E-state index in [1.54, 1.807) is 37.1 Å². The van der Waals surface area contributed by atoms with Crippen molar-refractivity contribution in [3.8, 4) is 11.5 Å². The number of methoxy groups -OCH3 is 2. The molecule has 0 radical (unpaired) electrons. The van der Waals surface area contributed by atoms with E-state index in [2.05, 4.69) is 10.1 Å². The van der Waals surface area contributed by atoms with Gasteiger partial charge in [0, 0.05) is 32.1 Å². The highest BCUT2D eigenvalue weighted by molar-refractivity contribution is 5.81. The molecule has 0 atom stereocenters. The topological polar surface area (TPSA) is 99.7 Å². The standard InChI is InChI=1S/C20H24N4O5/c1-13-8-14(22-29-13)11-23(2)19(25)6-5-7-24-12-21-16-10-18(28-4)17(27-3)9-15(16)20(24)26/h8-10,12H,5-7,11H2,1-4H3. The molecule has 0 aliphatic heterocycles. The maximum absolute atomic E-state index is 12.8. The second-order valence-electron chi connectivity index (χ2n) is 6.75. The molecule has 1 amide bonds. The van der Waals surface area contributed by atoms with Crippen LogP contribution >= 0.6 is 0 Å². The SMILES string of the molecule is COc1cc2ncn(CCCC(=O)N(C)Cc3cc(C)on3)c(=O)c2cc1OC. The van der Waals surface area contributed by atoms with Gasteiger partial charge in [0.2, 0.25) is 5.91 Å². The van der Waals surface area contributed by atoms with E-state index in [9.17, 15) is 9.59 Å². The Kier molecular flexibility index (Phi) is 6.16. The zero-order valence-corrected chi connectivity index (χ0v) is 17.0. The van der Waals surface area contributed by atoms with Crippen LogP contribution in [0.5, 0.6) is 11.5 Å². The number of amides is 1. The zero-order valence-electron chi connectivity index (χ0n) is 17.0. The first kappa shape index (κ1) is 20.4. The lowest BCUT2D eigenvalue weighted by Gasteiger charge is -2.15. The molecule has 154 valence electrons. The van der Waals surface area contributed by atoms with Crippen molar-refractivity contribution in [2.24, 2.45) is 0 Å². The second kappa shape index (κ2) is 8.76. The van der Waals surface area contributed by atoms with E-state index < -0.39 is 0 Å². The molecule has 0 bridgehead atoms. The van der Waals surface area contributed by atoms with Gasteiger partial charge in [-0.2, -0.15) is 0 Å². The molecule has 29 heavy (non-hydrogen) atoms. The van der Waals surface area contributed by atoms with Gasteiger partial charge in [-0.15, -0.1) is 0 Å². The highest BCUT2D eigenvalue weighted by Crippen LogP contribution is 2.29. The fourth-order valence-corrected chi connectivity index (χ4v) is 3.06. The summed E-state index contributed by atoms with van der Waals surface area (Å²) in [7, 11) is 4.76. The Morgan fingerprint density at radius 2 is 1.93 bits per heavy atom. The van der Waals surface area contributed by atoms with Gasteiger partial charge in [-0.3, -0.25) is 14.2 Å². The first-order valence-electron chi connectivity index (χ1n) is 9.20. The Morgan fingerprint density at radius 3 is 2.59 bits per heavy atom. The smallest absolute Gasteiger partial charge is 0.261 e. The van der Waals surface area contributed by atoms with Crippen molar-refractivity contribution < 1.29 is 18.8 Å². The van der Waals surface area contributed by atoms with Crippen molar-refractivity contribution >= 4 is 16.8 Å². The van der Waals surface area contributed by atoms with Crippen LogP contribution in [-0.4, -0.2) is 46.8 Å². The normalized spacial score (nSPS) is 10.9. The predicted molar refractivity (Wildman–Crippen MR) is 106 cm³/mol. The molecule has 2 heterocycles. The van der Waals surface area contributed by atoms with Crippen LogP contribution in [0.25, 0.3) is 10.9 Å². The number of nitrogens with zero attached hydrogens (tertiary/aromatic N) is 4. The van der Waals surface area contributed by atoms with Gasteiger partial charge in [-0.05, 0) is 19.4 Å². The summed E-state index contributed by atoms with van der Waals surface area (Å²) in [6.07, 6.45) is 2.31. The van der Waals surface area contributed by atoms with Gasteiger partial charge in [-0.1, -0.05) is 5.16 Å². The number of aromatic nitrogens is 3. The number of aryl methyl sites for hydroxylation is 2. The lowest BCUT2D eigenvalue weighted by molar-refractivity contribution is -0.130. The minimum atomic E-state index is -0.185. The average Bonchev–Trinajstić information content (AvgIpc) is 3.13. The monoisotopic (exact) mass is 400 g/mol. The van der Waals surface area contributed by atoms with Gasteiger partial charge in [0.25, 0.3) is 5.56 Å². The summed E-state index contributed by atoms with van der Waals surface area (Å²) in [5.41, 5.74) is 1.05.